The molecular weight excluding hydrogens is 306 g/mol. The van der Waals surface area contributed by atoms with Crippen molar-refractivity contribution in [2.45, 2.75) is 26.4 Å². The van der Waals surface area contributed by atoms with Crippen LogP contribution in [-0.4, -0.2) is 29.4 Å². The van der Waals surface area contributed by atoms with E-state index in [-0.39, 0.29) is 0 Å². The van der Waals surface area contributed by atoms with Gasteiger partial charge in [-0.3, -0.25) is 14.5 Å². The molecule has 124 valence electrons. The Hall–Kier alpha value is -2.89. The predicted octanol–water partition coefficient (Wildman–Crippen LogP) is 2.45. The summed E-state index contributed by atoms with van der Waals surface area (Å²) in [5.74, 6) is -0.170. The van der Waals surface area contributed by atoms with Gasteiger partial charge in [-0.25, -0.2) is 4.98 Å². The molecule has 1 N–H and O–H groups in total. The molecule has 1 atom stereocenters. The van der Waals surface area contributed by atoms with E-state index in [0.717, 1.165) is 11.1 Å². The van der Waals surface area contributed by atoms with Gasteiger partial charge in [-0.2, -0.15) is 0 Å². The second kappa shape index (κ2) is 5.63. The molecule has 1 aliphatic heterocycles. The lowest BCUT2D eigenvalue weighted by atomic mass is 10.0. The number of hydrogen-bond donors (Lipinski definition) is 1. The number of fused-ring (bicyclic) bond motifs is 1. The van der Waals surface area contributed by atoms with Crippen LogP contribution < -0.4 is 15.0 Å². The Labute approximate surface area is 140 Å². The van der Waals surface area contributed by atoms with E-state index in [4.69, 9.17) is 4.74 Å². The molecule has 1 aliphatic rings. The fourth-order valence-corrected chi connectivity index (χ4v) is 2.67. The van der Waals surface area contributed by atoms with Gasteiger partial charge in [0, 0.05) is 18.9 Å². The average molecular weight is 325 g/mol. The van der Waals surface area contributed by atoms with Crippen molar-refractivity contribution in [1.29, 1.82) is 0 Å². The minimum atomic E-state index is -1.65. The fraction of sp³-hybridized carbons (Fsp3) is 0.278. The molecule has 0 fully saturated rings. The van der Waals surface area contributed by atoms with E-state index >= 15 is 0 Å². The minimum absolute atomic E-state index is 0.401. The van der Waals surface area contributed by atoms with Crippen molar-refractivity contribution in [2.75, 3.05) is 17.3 Å². The first kappa shape index (κ1) is 16.0. The first-order valence-corrected chi connectivity index (χ1v) is 7.64. The number of nitrogens with zero attached hydrogens (tertiary/aromatic N) is 2. The molecule has 1 aromatic heterocycles. The third-order valence-corrected chi connectivity index (χ3v) is 4.38. The Morgan fingerprint density at radius 3 is 2.75 bits per heavy atom. The summed E-state index contributed by atoms with van der Waals surface area (Å²) in [6.07, 6.45) is 1.57. The molecule has 2 heterocycles. The number of aromatic nitrogens is 1. The number of nitrogens with one attached hydrogen (secondary N) is 1. The number of rotatable bonds is 2. The third-order valence-electron chi connectivity index (χ3n) is 4.38. The van der Waals surface area contributed by atoms with Crippen molar-refractivity contribution in [1.82, 2.24) is 4.98 Å². The number of carbonyl (C=O) groups is 2. The maximum atomic E-state index is 12.8. The zero-order valence-corrected chi connectivity index (χ0v) is 14.1. The van der Waals surface area contributed by atoms with Crippen molar-refractivity contribution >= 4 is 23.3 Å². The highest BCUT2D eigenvalue weighted by atomic mass is 16.5. The van der Waals surface area contributed by atoms with Crippen LogP contribution in [0, 0.1) is 13.8 Å². The number of benzene rings is 1. The largest absolute Gasteiger partial charge is 0.464 e. The number of likely N-dealkylation sites (N-methyl/N-ethyl adjacent to an activating group) is 1. The summed E-state index contributed by atoms with van der Waals surface area (Å²) in [4.78, 5) is 31.0. The molecule has 0 radical (unpaired) electrons. The standard InChI is InChI=1S/C18H19N3O3/c1-11-7-5-8-13(12(11)2)20-16(22)18(3)17(23)21(4)15-14(24-18)9-6-10-19-15/h5-10H,1-4H3,(H,20,22)/t18-/m1/s1. The van der Waals surface area contributed by atoms with Crippen LogP contribution in [0.1, 0.15) is 18.1 Å². The number of carbonyl (C=O) groups excluding carboxylic acids is 2. The molecule has 0 spiro atoms. The van der Waals surface area contributed by atoms with Crippen molar-refractivity contribution in [3.63, 3.8) is 0 Å². The average Bonchev–Trinajstić information content (AvgIpc) is 2.57. The predicted molar refractivity (Wildman–Crippen MR) is 91.2 cm³/mol. The molecular formula is C18H19N3O3. The monoisotopic (exact) mass is 325 g/mol. The van der Waals surface area contributed by atoms with E-state index in [1.807, 2.05) is 26.0 Å². The SMILES string of the molecule is Cc1cccc(NC(=O)[C@@]2(C)Oc3cccnc3N(C)C2=O)c1C. The van der Waals surface area contributed by atoms with Crippen LogP contribution >= 0.6 is 0 Å². The number of aryl methyl sites for hydroxylation is 1. The van der Waals surface area contributed by atoms with Crippen molar-refractivity contribution in [2.24, 2.45) is 0 Å². The van der Waals surface area contributed by atoms with Gasteiger partial charge >= 0.3 is 0 Å². The Morgan fingerprint density at radius 2 is 2.00 bits per heavy atom. The number of hydrogen-bond acceptors (Lipinski definition) is 4. The molecule has 0 bridgehead atoms. The molecule has 24 heavy (non-hydrogen) atoms. The van der Waals surface area contributed by atoms with Gasteiger partial charge < -0.3 is 10.1 Å². The summed E-state index contributed by atoms with van der Waals surface area (Å²) in [5, 5.41) is 2.81. The van der Waals surface area contributed by atoms with Crippen molar-refractivity contribution in [3.8, 4) is 5.75 Å². The lowest BCUT2D eigenvalue weighted by Crippen LogP contribution is -2.60. The van der Waals surface area contributed by atoms with Gasteiger partial charge in [0.15, 0.2) is 11.6 Å². The quantitative estimate of drug-likeness (QED) is 0.861. The van der Waals surface area contributed by atoms with Crippen LogP contribution in [0.15, 0.2) is 36.5 Å². The summed E-state index contributed by atoms with van der Waals surface area (Å²) in [7, 11) is 1.58. The van der Waals surface area contributed by atoms with E-state index in [1.165, 1.54) is 11.8 Å². The van der Waals surface area contributed by atoms with Gasteiger partial charge in [-0.1, -0.05) is 12.1 Å². The van der Waals surface area contributed by atoms with Gasteiger partial charge in [0.1, 0.15) is 0 Å². The summed E-state index contributed by atoms with van der Waals surface area (Å²) in [6.45, 7) is 5.36. The van der Waals surface area contributed by atoms with Gasteiger partial charge in [0.05, 0.1) is 0 Å². The fourth-order valence-electron chi connectivity index (χ4n) is 2.67. The number of amides is 2. The number of ether oxygens (including phenoxy) is 1. The first-order chi connectivity index (χ1) is 11.3. The lowest BCUT2D eigenvalue weighted by molar-refractivity contribution is -0.145. The topological polar surface area (TPSA) is 71.5 Å². The molecule has 0 aliphatic carbocycles. The van der Waals surface area contributed by atoms with E-state index in [2.05, 4.69) is 10.3 Å². The lowest BCUT2D eigenvalue weighted by Gasteiger charge is -2.37. The summed E-state index contributed by atoms with van der Waals surface area (Å²) in [5.41, 5.74) is 1.02. The van der Waals surface area contributed by atoms with Crippen LogP contribution in [0.2, 0.25) is 0 Å². The van der Waals surface area contributed by atoms with Crippen LogP contribution in [0.4, 0.5) is 11.5 Å². The molecule has 2 aromatic rings. The minimum Gasteiger partial charge on any atom is -0.464 e. The highest BCUT2D eigenvalue weighted by Gasteiger charge is 2.50. The van der Waals surface area contributed by atoms with Crippen molar-refractivity contribution < 1.29 is 14.3 Å². The third kappa shape index (κ3) is 2.40. The Bertz CT molecular complexity index is 834. The van der Waals surface area contributed by atoms with Crippen LogP contribution in [-0.2, 0) is 9.59 Å². The number of pyridine rings is 1. The molecule has 1 aromatic carbocycles. The molecule has 0 saturated carbocycles. The van der Waals surface area contributed by atoms with Crippen molar-refractivity contribution in [3.05, 3.63) is 47.7 Å². The van der Waals surface area contributed by atoms with E-state index < -0.39 is 17.4 Å². The number of anilines is 2. The van der Waals surface area contributed by atoms with E-state index in [0.29, 0.717) is 17.3 Å². The zero-order valence-electron chi connectivity index (χ0n) is 14.1. The summed E-state index contributed by atoms with van der Waals surface area (Å²) < 4.78 is 5.74. The second-order valence-corrected chi connectivity index (χ2v) is 6.03. The Morgan fingerprint density at radius 1 is 1.25 bits per heavy atom. The molecule has 3 rings (SSSR count). The Kier molecular flexibility index (Phi) is 3.75. The normalized spacial score (nSPS) is 19.5. The van der Waals surface area contributed by atoms with E-state index in [1.54, 1.807) is 31.4 Å². The molecule has 0 saturated heterocycles. The maximum absolute atomic E-state index is 12.8. The first-order valence-electron chi connectivity index (χ1n) is 7.64. The second-order valence-electron chi connectivity index (χ2n) is 6.03. The molecule has 0 unspecified atom stereocenters. The van der Waals surface area contributed by atoms with Crippen LogP contribution in [0.3, 0.4) is 0 Å². The van der Waals surface area contributed by atoms with Gasteiger partial charge in [-0.05, 0) is 50.1 Å². The van der Waals surface area contributed by atoms with Crippen LogP contribution in [0.25, 0.3) is 0 Å². The highest BCUT2D eigenvalue weighted by molar-refractivity contribution is 6.19. The molecule has 6 nitrogen and oxygen atoms in total. The van der Waals surface area contributed by atoms with Crippen LogP contribution in [0.5, 0.6) is 5.75 Å². The molecule has 2 amide bonds. The summed E-state index contributed by atoms with van der Waals surface area (Å²) >= 11 is 0. The van der Waals surface area contributed by atoms with E-state index in [9.17, 15) is 9.59 Å². The maximum Gasteiger partial charge on any atom is 0.281 e. The smallest absolute Gasteiger partial charge is 0.281 e. The molecule has 6 heteroatoms. The Balaban J connectivity index is 1.94. The van der Waals surface area contributed by atoms with Gasteiger partial charge in [0.2, 0.25) is 0 Å². The highest BCUT2D eigenvalue weighted by Crippen LogP contribution is 2.35. The van der Waals surface area contributed by atoms with Gasteiger partial charge in [-0.15, -0.1) is 0 Å². The van der Waals surface area contributed by atoms with Gasteiger partial charge in [0.25, 0.3) is 17.4 Å². The zero-order chi connectivity index (χ0) is 17.5. The summed E-state index contributed by atoms with van der Waals surface area (Å²) in [6, 6.07) is 9.01.